The van der Waals surface area contributed by atoms with Gasteiger partial charge in [0, 0.05) is 5.41 Å². The van der Waals surface area contributed by atoms with Gasteiger partial charge in [-0.15, -0.1) is 0 Å². The van der Waals surface area contributed by atoms with Gasteiger partial charge in [-0.2, -0.15) is 0 Å². The number of allylic oxidation sites excluding steroid dienone is 3. The maximum Gasteiger partial charge on any atom is 0.219 e. The molecule has 0 aromatic rings. The minimum absolute atomic E-state index is 0.0000231. The topological polar surface area (TPSA) is 26.3 Å². The Labute approximate surface area is 78.3 Å². The standard InChI is InChI=1S/C11H14O2/c1-13-10-8-11(5-2-3-6-11)7-4-9(10)12/h4,7-8H,2-3,5-6H2,1H3. The van der Waals surface area contributed by atoms with E-state index >= 15 is 0 Å². The third-order valence-corrected chi connectivity index (χ3v) is 2.98. The van der Waals surface area contributed by atoms with E-state index in [1.165, 1.54) is 12.8 Å². The summed E-state index contributed by atoms with van der Waals surface area (Å²) in [6.45, 7) is 0. The SMILES string of the molecule is COC1=CC2(C=CC1=O)CCCC2. The van der Waals surface area contributed by atoms with Crippen molar-refractivity contribution >= 4 is 5.78 Å². The average Bonchev–Trinajstić information content (AvgIpc) is 2.59. The molecule has 70 valence electrons. The molecule has 2 nitrogen and oxygen atoms in total. The van der Waals surface area contributed by atoms with E-state index in [0.717, 1.165) is 12.8 Å². The minimum atomic E-state index is 0.0000231. The van der Waals surface area contributed by atoms with Gasteiger partial charge in [-0.3, -0.25) is 4.79 Å². The fourth-order valence-electron chi connectivity index (χ4n) is 2.21. The van der Waals surface area contributed by atoms with Gasteiger partial charge in [0.15, 0.2) is 5.76 Å². The Bertz CT molecular complexity index is 280. The van der Waals surface area contributed by atoms with Gasteiger partial charge in [0.25, 0.3) is 0 Å². The molecule has 0 atom stereocenters. The number of ketones is 1. The molecular weight excluding hydrogens is 164 g/mol. The zero-order valence-corrected chi connectivity index (χ0v) is 7.88. The molecule has 1 saturated carbocycles. The van der Waals surface area contributed by atoms with Crippen molar-refractivity contribution in [2.75, 3.05) is 7.11 Å². The maximum atomic E-state index is 11.3. The zero-order valence-electron chi connectivity index (χ0n) is 7.88. The average molecular weight is 178 g/mol. The van der Waals surface area contributed by atoms with E-state index in [9.17, 15) is 4.79 Å². The van der Waals surface area contributed by atoms with Crippen molar-refractivity contribution in [3.63, 3.8) is 0 Å². The summed E-state index contributed by atoms with van der Waals surface area (Å²) in [7, 11) is 1.56. The number of ether oxygens (including phenoxy) is 1. The van der Waals surface area contributed by atoms with E-state index in [0.29, 0.717) is 5.76 Å². The van der Waals surface area contributed by atoms with E-state index < -0.39 is 0 Å². The summed E-state index contributed by atoms with van der Waals surface area (Å²) >= 11 is 0. The summed E-state index contributed by atoms with van der Waals surface area (Å²) in [6.07, 6.45) is 10.5. The number of hydrogen-bond acceptors (Lipinski definition) is 2. The lowest BCUT2D eigenvalue weighted by Crippen LogP contribution is -2.18. The van der Waals surface area contributed by atoms with Gasteiger partial charge < -0.3 is 4.74 Å². The van der Waals surface area contributed by atoms with Crippen LogP contribution in [0.1, 0.15) is 25.7 Å². The lowest BCUT2D eigenvalue weighted by Gasteiger charge is -2.24. The first kappa shape index (κ1) is 8.54. The Morgan fingerprint density at radius 3 is 2.69 bits per heavy atom. The number of rotatable bonds is 1. The van der Waals surface area contributed by atoms with E-state index in [1.54, 1.807) is 13.2 Å². The lowest BCUT2D eigenvalue weighted by molar-refractivity contribution is -0.114. The van der Waals surface area contributed by atoms with Crippen LogP contribution in [-0.2, 0) is 9.53 Å². The summed E-state index contributed by atoms with van der Waals surface area (Å²) in [5.74, 6) is 0.518. The Balaban J connectivity index is 2.28. The van der Waals surface area contributed by atoms with E-state index in [4.69, 9.17) is 4.74 Å². The van der Waals surface area contributed by atoms with Crippen molar-refractivity contribution in [1.29, 1.82) is 0 Å². The molecule has 0 saturated heterocycles. The van der Waals surface area contributed by atoms with Gasteiger partial charge in [0.1, 0.15) is 0 Å². The van der Waals surface area contributed by atoms with Crippen LogP contribution in [0.5, 0.6) is 0 Å². The molecule has 0 heterocycles. The van der Waals surface area contributed by atoms with Gasteiger partial charge in [0.2, 0.25) is 5.78 Å². The van der Waals surface area contributed by atoms with Crippen molar-refractivity contribution in [3.8, 4) is 0 Å². The molecule has 13 heavy (non-hydrogen) atoms. The molecule has 0 unspecified atom stereocenters. The number of hydrogen-bond donors (Lipinski definition) is 0. The van der Waals surface area contributed by atoms with Gasteiger partial charge in [-0.25, -0.2) is 0 Å². The van der Waals surface area contributed by atoms with E-state index in [1.807, 2.05) is 12.2 Å². The first-order chi connectivity index (χ1) is 6.26. The van der Waals surface area contributed by atoms with Crippen LogP contribution in [0.3, 0.4) is 0 Å². The van der Waals surface area contributed by atoms with Crippen molar-refractivity contribution < 1.29 is 9.53 Å². The van der Waals surface area contributed by atoms with Crippen molar-refractivity contribution in [2.24, 2.45) is 5.41 Å². The molecule has 2 heteroatoms. The molecule has 1 spiro atoms. The fourth-order valence-corrected chi connectivity index (χ4v) is 2.21. The van der Waals surface area contributed by atoms with Crippen LogP contribution in [0.15, 0.2) is 24.0 Å². The molecule has 1 fully saturated rings. The van der Waals surface area contributed by atoms with E-state index in [-0.39, 0.29) is 11.2 Å². The third kappa shape index (κ3) is 1.41. The molecule has 0 aliphatic heterocycles. The molecule has 0 aromatic carbocycles. The quantitative estimate of drug-likeness (QED) is 0.615. The van der Waals surface area contributed by atoms with Crippen LogP contribution in [0, 0.1) is 5.41 Å². The third-order valence-electron chi connectivity index (χ3n) is 2.98. The molecule has 2 rings (SSSR count). The summed E-state index contributed by atoms with van der Waals surface area (Å²) in [5, 5.41) is 0. The van der Waals surface area contributed by atoms with Crippen molar-refractivity contribution in [3.05, 3.63) is 24.0 Å². The predicted molar refractivity (Wildman–Crippen MR) is 50.1 cm³/mol. The normalized spacial score (nSPS) is 25.0. The second-order valence-electron chi connectivity index (χ2n) is 3.85. The summed E-state index contributed by atoms with van der Waals surface area (Å²) in [6, 6.07) is 0. The maximum absolute atomic E-state index is 11.3. The first-order valence-corrected chi connectivity index (χ1v) is 4.76. The van der Waals surface area contributed by atoms with Crippen LogP contribution in [0.2, 0.25) is 0 Å². The van der Waals surface area contributed by atoms with Crippen LogP contribution in [-0.4, -0.2) is 12.9 Å². The molecule has 0 aromatic heterocycles. The summed E-state index contributed by atoms with van der Waals surface area (Å²) in [5.41, 5.74) is 0.138. The molecule has 2 aliphatic carbocycles. The molecule has 0 amide bonds. The second kappa shape index (κ2) is 3.02. The summed E-state index contributed by atoms with van der Waals surface area (Å²) in [4.78, 5) is 11.3. The lowest BCUT2D eigenvalue weighted by atomic mass is 9.82. The van der Waals surface area contributed by atoms with Gasteiger partial charge in [-0.05, 0) is 25.0 Å². The predicted octanol–water partition coefficient (Wildman–Crippen LogP) is 2.22. The van der Waals surface area contributed by atoms with Crippen LogP contribution >= 0.6 is 0 Å². The number of carbonyl (C=O) groups excluding carboxylic acids is 1. The first-order valence-electron chi connectivity index (χ1n) is 4.76. The second-order valence-corrected chi connectivity index (χ2v) is 3.85. The van der Waals surface area contributed by atoms with Crippen molar-refractivity contribution in [2.45, 2.75) is 25.7 Å². The molecule has 2 aliphatic rings. The zero-order chi connectivity index (χ0) is 9.31. The highest BCUT2D eigenvalue weighted by molar-refractivity contribution is 6.03. The smallest absolute Gasteiger partial charge is 0.219 e. The monoisotopic (exact) mass is 178 g/mol. The van der Waals surface area contributed by atoms with Crippen LogP contribution in [0.4, 0.5) is 0 Å². The molecule has 0 radical (unpaired) electrons. The highest BCUT2D eigenvalue weighted by Crippen LogP contribution is 2.43. The number of methoxy groups -OCH3 is 1. The van der Waals surface area contributed by atoms with Crippen molar-refractivity contribution in [1.82, 2.24) is 0 Å². The fraction of sp³-hybridized carbons (Fsp3) is 0.545. The molecule has 0 N–H and O–H groups in total. The Morgan fingerprint density at radius 2 is 2.08 bits per heavy atom. The minimum Gasteiger partial charge on any atom is -0.493 e. The van der Waals surface area contributed by atoms with Gasteiger partial charge in [0.05, 0.1) is 7.11 Å². The van der Waals surface area contributed by atoms with E-state index in [2.05, 4.69) is 0 Å². The summed E-state index contributed by atoms with van der Waals surface area (Å²) < 4.78 is 5.05. The van der Waals surface area contributed by atoms with Gasteiger partial charge >= 0.3 is 0 Å². The highest BCUT2D eigenvalue weighted by Gasteiger charge is 2.33. The van der Waals surface area contributed by atoms with Gasteiger partial charge in [-0.1, -0.05) is 18.9 Å². The molecule has 0 bridgehead atoms. The molecular formula is C11H14O2. The highest BCUT2D eigenvalue weighted by atomic mass is 16.5. The van der Waals surface area contributed by atoms with Crippen LogP contribution < -0.4 is 0 Å². The Morgan fingerprint density at radius 1 is 1.38 bits per heavy atom. The Kier molecular flexibility index (Phi) is 1.98. The van der Waals surface area contributed by atoms with Crippen LogP contribution in [0.25, 0.3) is 0 Å². The largest absolute Gasteiger partial charge is 0.493 e. The Hall–Kier alpha value is -1.05. The number of carbonyl (C=O) groups is 1.